The van der Waals surface area contributed by atoms with Crippen molar-refractivity contribution in [1.29, 1.82) is 0 Å². The number of hydrogen-bond donors (Lipinski definition) is 2. The molecular weight excluding hydrogens is 242 g/mol. The van der Waals surface area contributed by atoms with Crippen molar-refractivity contribution in [2.45, 2.75) is 51.6 Å². The Balaban J connectivity index is 1.86. The van der Waals surface area contributed by atoms with Gasteiger partial charge in [-0.15, -0.1) is 0 Å². The predicted octanol–water partition coefficient (Wildman–Crippen LogP) is 0.502. The van der Waals surface area contributed by atoms with Gasteiger partial charge in [0.15, 0.2) is 0 Å². The maximum Gasteiger partial charge on any atom is 0.237 e. The van der Waals surface area contributed by atoms with E-state index in [9.17, 15) is 9.59 Å². The molecule has 1 aliphatic heterocycles. The SMILES string of the molecule is CC(C)CCN1CCNC(=O)C1CC(=O)NC1CC1. The molecule has 1 saturated heterocycles. The maximum absolute atomic E-state index is 12.0. The Hall–Kier alpha value is -1.10. The molecule has 5 nitrogen and oxygen atoms in total. The third-order valence-corrected chi connectivity index (χ3v) is 3.76. The third kappa shape index (κ3) is 4.49. The zero-order chi connectivity index (χ0) is 13.8. The quantitative estimate of drug-likeness (QED) is 0.737. The van der Waals surface area contributed by atoms with Gasteiger partial charge in [0, 0.05) is 19.1 Å². The van der Waals surface area contributed by atoms with Gasteiger partial charge in [-0.3, -0.25) is 14.5 Å². The third-order valence-electron chi connectivity index (χ3n) is 3.76. The number of rotatable bonds is 6. The predicted molar refractivity (Wildman–Crippen MR) is 73.6 cm³/mol. The lowest BCUT2D eigenvalue weighted by Crippen LogP contribution is -2.56. The molecular formula is C14H25N3O2. The fraction of sp³-hybridized carbons (Fsp3) is 0.857. The molecule has 0 aromatic carbocycles. The van der Waals surface area contributed by atoms with E-state index >= 15 is 0 Å². The first-order valence-electron chi connectivity index (χ1n) is 7.37. The minimum absolute atomic E-state index is 0.000882. The van der Waals surface area contributed by atoms with Gasteiger partial charge in [-0.05, 0) is 31.7 Å². The van der Waals surface area contributed by atoms with E-state index in [-0.39, 0.29) is 17.9 Å². The van der Waals surface area contributed by atoms with Crippen LogP contribution in [-0.2, 0) is 9.59 Å². The van der Waals surface area contributed by atoms with Crippen LogP contribution >= 0.6 is 0 Å². The summed E-state index contributed by atoms with van der Waals surface area (Å²) in [5.41, 5.74) is 0. The van der Waals surface area contributed by atoms with Crippen LogP contribution in [0.15, 0.2) is 0 Å². The van der Waals surface area contributed by atoms with Crippen molar-refractivity contribution < 1.29 is 9.59 Å². The molecule has 2 amide bonds. The highest BCUT2D eigenvalue weighted by Gasteiger charge is 2.32. The second-order valence-electron chi connectivity index (χ2n) is 6.07. The number of carbonyl (C=O) groups excluding carboxylic acids is 2. The van der Waals surface area contributed by atoms with Crippen molar-refractivity contribution in [3.05, 3.63) is 0 Å². The molecule has 1 heterocycles. The molecule has 108 valence electrons. The van der Waals surface area contributed by atoms with Crippen LogP contribution in [0.3, 0.4) is 0 Å². The standard InChI is InChI=1S/C14H25N3O2/c1-10(2)5-7-17-8-6-15-14(19)12(17)9-13(18)16-11-3-4-11/h10-12H,3-9H2,1-2H3,(H,15,19)(H,16,18). The molecule has 2 N–H and O–H groups in total. The molecule has 0 bridgehead atoms. The molecule has 2 fully saturated rings. The van der Waals surface area contributed by atoms with Gasteiger partial charge >= 0.3 is 0 Å². The highest BCUT2D eigenvalue weighted by atomic mass is 16.2. The Kier molecular flexibility index (Phi) is 4.80. The van der Waals surface area contributed by atoms with Crippen LogP contribution in [0.4, 0.5) is 0 Å². The Morgan fingerprint density at radius 2 is 2.21 bits per heavy atom. The summed E-state index contributed by atoms with van der Waals surface area (Å²) in [6.45, 7) is 6.79. The molecule has 1 atom stereocenters. The summed E-state index contributed by atoms with van der Waals surface area (Å²) in [5.74, 6) is 0.631. The van der Waals surface area contributed by atoms with Gasteiger partial charge in [-0.25, -0.2) is 0 Å². The summed E-state index contributed by atoms with van der Waals surface area (Å²) in [6.07, 6.45) is 3.52. The first-order valence-corrected chi connectivity index (χ1v) is 7.37. The fourth-order valence-electron chi connectivity index (χ4n) is 2.37. The van der Waals surface area contributed by atoms with E-state index in [1.165, 1.54) is 0 Å². The zero-order valence-corrected chi connectivity index (χ0v) is 11.9. The number of piperazine rings is 1. The molecule has 2 rings (SSSR count). The molecule has 19 heavy (non-hydrogen) atoms. The summed E-state index contributed by atoms with van der Waals surface area (Å²) < 4.78 is 0. The summed E-state index contributed by atoms with van der Waals surface area (Å²) >= 11 is 0. The molecule has 5 heteroatoms. The lowest BCUT2D eigenvalue weighted by molar-refractivity contribution is -0.134. The smallest absolute Gasteiger partial charge is 0.237 e. The molecule has 0 radical (unpaired) electrons. The van der Waals surface area contributed by atoms with E-state index in [1.807, 2.05) is 0 Å². The fourth-order valence-corrected chi connectivity index (χ4v) is 2.37. The van der Waals surface area contributed by atoms with Crippen molar-refractivity contribution in [2.24, 2.45) is 5.92 Å². The van der Waals surface area contributed by atoms with Crippen LogP contribution in [-0.4, -0.2) is 48.4 Å². The first-order chi connectivity index (χ1) is 9.06. The van der Waals surface area contributed by atoms with Crippen LogP contribution in [0.5, 0.6) is 0 Å². The van der Waals surface area contributed by atoms with Gasteiger partial charge in [0.2, 0.25) is 11.8 Å². The van der Waals surface area contributed by atoms with Gasteiger partial charge in [0.25, 0.3) is 0 Å². The van der Waals surface area contributed by atoms with Crippen LogP contribution in [0, 0.1) is 5.92 Å². The topological polar surface area (TPSA) is 61.4 Å². The van der Waals surface area contributed by atoms with Crippen LogP contribution in [0.2, 0.25) is 0 Å². The van der Waals surface area contributed by atoms with Crippen LogP contribution < -0.4 is 10.6 Å². The van der Waals surface area contributed by atoms with Crippen molar-refractivity contribution in [2.75, 3.05) is 19.6 Å². The molecule has 2 aliphatic rings. The Labute approximate surface area is 115 Å². The van der Waals surface area contributed by atoms with Gasteiger partial charge in [-0.2, -0.15) is 0 Å². The summed E-state index contributed by atoms with van der Waals surface area (Å²) in [7, 11) is 0. The highest BCUT2D eigenvalue weighted by Crippen LogP contribution is 2.19. The zero-order valence-electron chi connectivity index (χ0n) is 11.9. The molecule has 1 aliphatic carbocycles. The van der Waals surface area contributed by atoms with E-state index in [4.69, 9.17) is 0 Å². The lowest BCUT2D eigenvalue weighted by Gasteiger charge is -2.35. The minimum atomic E-state index is -0.286. The molecule has 0 aromatic heterocycles. The second kappa shape index (κ2) is 6.37. The number of hydrogen-bond acceptors (Lipinski definition) is 3. The monoisotopic (exact) mass is 267 g/mol. The Morgan fingerprint density at radius 1 is 1.47 bits per heavy atom. The number of nitrogens with one attached hydrogen (secondary N) is 2. The summed E-state index contributed by atoms with van der Waals surface area (Å²) in [4.78, 5) is 26.0. The summed E-state index contributed by atoms with van der Waals surface area (Å²) in [6, 6.07) is 0.0783. The van der Waals surface area contributed by atoms with Crippen LogP contribution in [0.1, 0.15) is 39.5 Å². The van der Waals surface area contributed by atoms with Gasteiger partial charge < -0.3 is 10.6 Å². The average molecular weight is 267 g/mol. The van der Waals surface area contributed by atoms with Crippen LogP contribution in [0.25, 0.3) is 0 Å². The maximum atomic E-state index is 12.0. The van der Waals surface area contributed by atoms with Crippen molar-refractivity contribution in [1.82, 2.24) is 15.5 Å². The van der Waals surface area contributed by atoms with E-state index in [0.29, 0.717) is 24.9 Å². The molecule has 0 aromatic rings. The summed E-state index contributed by atoms with van der Waals surface area (Å²) in [5, 5.41) is 5.82. The lowest BCUT2D eigenvalue weighted by atomic mass is 10.1. The first kappa shape index (κ1) is 14.3. The van der Waals surface area contributed by atoms with Gasteiger partial charge in [0.1, 0.15) is 0 Å². The molecule has 0 spiro atoms. The van der Waals surface area contributed by atoms with E-state index in [1.54, 1.807) is 0 Å². The minimum Gasteiger partial charge on any atom is -0.353 e. The van der Waals surface area contributed by atoms with Gasteiger partial charge in [0.05, 0.1) is 12.5 Å². The van der Waals surface area contributed by atoms with E-state index in [2.05, 4.69) is 29.4 Å². The number of carbonyl (C=O) groups is 2. The van der Waals surface area contributed by atoms with E-state index < -0.39 is 0 Å². The van der Waals surface area contributed by atoms with E-state index in [0.717, 1.165) is 32.4 Å². The second-order valence-corrected chi connectivity index (χ2v) is 6.07. The Bertz CT molecular complexity index is 340. The van der Waals surface area contributed by atoms with Crippen molar-refractivity contribution in [3.8, 4) is 0 Å². The average Bonchev–Trinajstić information content (AvgIpc) is 3.13. The van der Waals surface area contributed by atoms with Crippen molar-refractivity contribution >= 4 is 11.8 Å². The van der Waals surface area contributed by atoms with Crippen molar-refractivity contribution in [3.63, 3.8) is 0 Å². The number of amides is 2. The highest BCUT2D eigenvalue weighted by molar-refractivity contribution is 5.89. The molecule has 1 saturated carbocycles. The Morgan fingerprint density at radius 3 is 2.84 bits per heavy atom. The number of nitrogens with zero attached hydrogens (tertiary/aromatic N) is 1. The largest absolute Gasteiger partial charge is 0.353 e. The molecule has 1 unspecified atom stereocenters. The van der Waals surface area contributed by atoms with Gasteiger partial charge in [-0.1, -0.05) is 13.8 Å². The normalized spacial score (nSPS) is 24.4.